The summed E-state index contributed by atoms with van der Waals surface area (Å²) in [5.74, 6) is -0.664. The first-order valence-electron chi connectivity index (χ1n) is 5.75. The van der Waals surface area contributed by atoms with E-state index in [1.807, 2.05) is 6.07 Å². The molecule has 2 aromatic rings. The molecule has 0 fully saturated rings. The molecule has 0 aliphatic carbocycles. The number of anilines is 1. The topological polar surface area (TPSA) is 27.0 Å². The van der Waals surface area contributed by atoms with Gasteiger partial charge in [-0.3, -0.25) is 0 Å². The Labute approximate surface area is 110 Å². The number of hydrogen-bond donors (Lipinski definition) is 0. The van der Waals surface area contributed by atoms with Crippen LogP contribution in [0.15, 0.2) is 42.5 Å². The molecule has 2 aromatic carbocycles. The second kappa shape index (κ2) is 5.49. The molecular formula is C15H12F2N2. The molecule has 19 heavy (non-hydrogen) atoms. The molecule has 0 heterocycles. The van der Waals surface area contributed by atoms with E-state index in [4.69, 9.17) is 5.26 Å². The summed E-state index contributed by atoms with van der Waals surface area (Å²) in [5.41, 5.74) is 1.64. The van der Waals surface area contributed by atoms with E-state index in [1.54, 1.807) is 24.1 Å². The second-order valence-electron chi connectivity index (χ2n) is 4.25. The van der Waals surface area contributed by atoms with Crippen molar-refractivity contribution in [2.75, 3.05) is 11.9 Å². The molecule has 0 bridgehead atoms. The van der Waals surface area contributed by atoms with Crippen molar-refractivity contribution >= 4 is 5.69 Å². The molecular weight excluding hydrogens is 246 g/mol. The lowest BCUT2D eigenvalue weighted by Gasteiger charge is -2.19. The van der Waals surface area contributed by atoms with Crippen LogP contribution in [0.25, 0.3) is 0 Å². The van der Waals surface area contributed by atoms with Crippen LogP contribution in [0, 0.1) is 23.0 Å². The summed E-state index contributed by atoms with van der Waals surface area (Å²) >= 11 is 0. The molecule has 0 amide bonds. The van der Waals surface area contributed by atoms with Crippen LogP contribution in [0.3, 0.4) is 0 Å². The molecule has 2 nitrogen and oxygen atoms in total. The van der Waals surface area contributed by atoms with Crippen molar-refractivity contribution in [1.82, 2.24) is 0 Å². The van der Waals surface area contributed by atoms with Gasteiger partial charge in [-0.1, -0.05) is 0 Å². The minimum atomic E-state index is -0.354. The lowest BCUT2D eigenvalue weighted by Crippen LogP contribution is -2.17. The van der Waals surface area contributed by atoms with Gasteiger partial charge in [-0.05, 0) is 42.5 Å². The SMILES string of the molecule is CN(Cc1cc(C#N)ccc1F)c1ccc(F)cc1. The third kappa shape index (κ3) is 3.08. The van der Waals surface area contributed by atoms with Crippen LogP contribution in [-0.2, 0) is 6.54 Å². The maximum atomic E-state index is 13.7. The fourth-order valence-corrected chi connectivity index (χ4v) is 1.81. The lowest BCUT2D eigenvalue weighted by atomic mass is 10.1. The third-order valence-corrected chi connectivity index (χ3v) is 2.85. The van der Waals surface area contributed by atoms with E-state index < -0.39 is 0 Å². The molecule has 0 saturated carbocycles. The van der Waals surface area contributed by atoms with Gasteiger partial charge in [0.2, 0.25) is 0 Å². The van der Waals surface area contributed by atoms with Gasteiger partial charge in [0.25, 0.3) is 0 Å². The predicted molar refractivity (Wildman–Crippen MR) is 69.6 cm³/mol. The Morgan fingerprint density at radius 3 is 2.42 bits per heavy atom. The van der Waals surface area contributed by atoms with Gasteiger partial charge < -0.3 is 4.90 Å². The van der Waals surface area contributed by atoms with Crippen LogP contribution in [0.2, 0.25) is 0 Å². The van der Waals surface area contributed by atoms with Crippen molar-refractivity contribution in [2.45, 2.75) is 6.54 Å². The zero-order valence-electron chi connectivity index (χ0n) is 10.4. The number of rotatable bonds is 3. The van der Waals surface area contributed by atoms with Crippen molar-refractivity contribution in [2.24, 2.45) is 0 Å². The summed E-state index contributed by atoms with van der Waals surface area (Å²) < 4.78 is 26.5. The summed E-state index contributed by atoms with van der Waals surface area (Å²) in [6, 6.07) is 12.2. The molecule has 0 spiro atoms. The Morgan fingerprint density at radius 2 is 1.79 bits per heavy atom. The molecule has 0 saturated heterocycles. The fraction of sp³-hybridized carbons (Fsp3) is 0.133. The Balaban J connectivity index is 2.21. The smallest absolute Gasteiger partial charge is 0.128 e. The Kier molecular flexibility index (Phi) is 3.76. The van der Waals surface area contributed by atoms with Crippen LogP contribution in [-0.4, -0.2) is 7.05 Å². The fourth-order valence-electron chi connectivity index (χ4n) is 1.81. The maximum Gasteiger partial charge on any atom is 0.128 e. The van der Waals surface area contributed by atoms with E-state index in [9.17, 15) is 8.78 Å². The van der Waals surface area contributed by atoms with Crippen LogP contribution in [0.1, 0.15) is 11.1 Å². The maximum absolute atomic E-state index is 13.7. The highest BCUT2D eigenvalue weighted by molar-refractivity contribution is 5.46. The van der Waals surface area contributed by atoms with E-state index in [0.717, 1.165) is 5.69 Å². The van der Waals surface area contributed by atoms with Crippen molar-refractivity contribution in [3.05, 3.63) is 65.2 Å². The molecule has 0 radical (unpaired) electrons. The van der Waals surface area contributed by atoms with Crippen molar-refractivity contribution in [3.8, 4) is 6.07 Å². The van der Waals surface area contributed by atoms with Gasteiger partial charge in [-0.15, -0.1) is 0 Å². The van der Waals surface area contributed by atoms with Crippen LogP contribution >= 0.6 is 0 Å². The highest BCUT2D eigenvalue weighted by Gasteiger charge is 2.08. The van der Waals surface area contributed by atoms with Crippen molar-refractivity contribution < 1.29 is 8.78 Å². The highest BCUT2D eigenvalue weighted by atomic mass is 19.1. The number of hydrogen-bond acceptors (Lipinski definition) is 2. The van der Waals surface area contributed by atoms with Crippen LogP contribution in [0.4, 0.5) is 14.5 Å². The van der Waals surface area contributed by atoms with Crippen LogP contribution in [0.5, 0.6) is 0 Å². The number of halogens is 2. The normalized spacial score (nSPS) is 10.0. The van der Waals surface area contributed by atoms with Gasteiger partial charge in [0.15, 0.2) is 0 Å². The average molecular weight is 258 g/mol. The van der Waals surface area contributed by atoms with E-state index in [0.29, 0.717) is 17.7 Å². The van der Waals surface area contributed by atoms with Gasteiger partial charge in [-0.25, -0.2) is 8.78 Å². The van der Waals surface area contributed by atoms with Crippen molar-refractivity contribution in [3.63, 3.8) is 0 Å². The van der Waals surface area contributed by atoms with Gasteiger partial charge in [0.05, 0.1) is 11.6 Å². The van der Waals surface area contributed by atoms with Crippen molar-refractivity contribution in [1.29, 1.82) is 5.26 Å². The largest absolute Gasteiger partial charge is 0.370 e. The average Bonchev–Trinajstić information content (AvgIpc) is 2.42. The van der Waals surface area contributed by atoms with Gasteiger partial charge in [0, 0.05) is 24.8 Å². The number of benzene rings is 2. The number of nitrogens with zero attached hydrogens (tertiary/aromatic N) is 2. The first-order valence-corrected chi connectivity index (χ1v) is 5.75. The van der Waals surface area contributed by atoms with E-state index in [-0.39, 0.29) is 11.6 Å². The van der Waals surface area contributed by atoms with Gasteiger partial charge in [-0.2, -0.15) is 5.26 Å². The Hall–Kier alpha value is -2.41. The first kappa shape index (κ1) is 13.0. The number of nitriles is 1. The van der Waals surface area contributed by atoms with E-state index in [1.165, 1.54) is 30.3 Å². The summed E-state index contributed by atoms with van der Waals surface area (Å²) in [5, 5.41) is 8.81. The minimum absolute atomic E-state index is 0.310. The predicted octanol–water partition coefficient (Wildman–Crippen LogP) is 3.47. The zero-order chi connectivity index (χ0) is 13.8. The molecule has 2 rings (SSSR count). The second-order valence-corrected chi connectivity index (χ2v) is 4.25. The first-order chi connectivity index (χ1) is 9.10. The summed E-state index contributed by atoms with van der Waals surface area (Å²) in [7, 11) is 1.78. The molecule has 0 aliphatic heterocycles. The lowest BCUT2D eigenvalue weighted by molar-refractivity contribution is 0.607. The summed E-state index contributed by atoms with van der Waals surface area (Å²) in [6.07, 6.45) is 0. The zero-order valence-corrected chi connectivity index (χ0v) is 10.4. The molecule has 0 unspecified atom stereocenters. The van der Waals surface area contributed by atoms with Gasteiger partial charge in [0.1, 0.15) is 11.6 Å². The molecule has 0 atom stereocenters. The van der Waals surface area contributed by atoms with Crippen LogP contribution < -0.4 is 4.90 Å². The van der Waals surface area contributed by atoms with E-state index in [2.05, 4.69) is 0 Å². The molecule has 96 valence electrons. The molecule has 4 heteroatoms. The third-order valence-electron chi connectivity index (χ3n) is 2.85. The standard InChI is InChI=1S/C15H12F2N2/c1-19(14-5-3-13(16)4-6-14)10-12-8-11(9-18)2-7-15(12)17/h2-8H,10H2,1H3. The molecule has 0 aliphatic rings. The minimum Gasteiger partial charge on any atom is -0.370 e. The Morgan fingerprint density at radius 1 is 1.11 bits per heavy atom. The highest BCUT2D eigenvalue weighted by Crippen LogP contribution is 2.18. The summed E-state index contributed by atoms with van der Waals surface area (Å²) in [4.78, 5) is 1.79. The molecule has 0 aromatic heterocycles. The Bertz CT molecular complexity index is 615. The van der Waals surface area contributed by atoms with Gasteiger partial charge >= 0.3 is 0 Å². The quantitative estimate of drug-likeness (QED) is 0.842. The van der Waals surface area contributed by atoms with E-state index >= 15 is 0 Å². The summed E-state index contributed by atoms with van der Waals surface area (Å²) in [6.45, 7) is 0.312. The monoisotopic (exact) mass is 258 g/mol. The molecule has 0 N–H and O–H groups in total.